The van der Waals surface area contributed by atoms with Crippen LogP contribution in [-0.2, 0) is 16.2 Å². The Morgan fingerprint density at radius 1 is 1.09 bits per heavy atom. The summed E-state index contributed by atoms with van der Waals surface area (Å²) in [7, 11) is -4.41. The number of sulfonamides is 1. The third-order valence-corrected chi connectivity index (χ3v) is 7.29. The Balaban J connectivity index is 1.78. The van der Waals surface area contributed by atoms with Crippen molar-refractivity contribution in [3.8, 4) is 0 Å². The number of nitrogens with one attached hydrogen (secondary N) is 1. The molecular weight excluding hydrogens is 461 g/mol. The molecule has 1 aliphatic carbocycles. The topological polar surface area (TPSA) is 107 Å². The predicted molar refractivity (Wildman–Crippen MR) is 115 cm³/mol. The zero-order valence-electron chi connectivity index (χ0n) is 17.5. The van der Waals surface area contributed by atoms with Crippen LogP contribution in [0, 0.1) is 0 Å². The normalized spacial score (nSPS) is 19.4. The van der Waals surface area contributed by atoms with Crippen LogP contribution in [0.4, 0.5) is 24.5 Å². The number of hydrogen-bond donors (Lipinski definition) is 3. The minimum atomic E-state index is -4.69. The Morgan fingerprint density at radius 3 is 2.42 bits per heavy atom. The molecule has 0 spiro atoms. The molecule has 2 fully saturated rings. The number of carboxylic acid groups (broad SMARTS) is 1. The van der Waals surface area contributed by atoms with Crippen molar-refractivity contribution >= 4 is 27.4 Å². The number of nitrogens with zero attached hydrogens (tertiary/aromatic N) is 1. The number of anilines is 2. The Bertz CT molecular complexity index is 1180. The maximum Gasteiger partial charge on any atom is 0.416 e. The minimum absolute atomic E-state index is 0.0439. The molecule has 1 atom stereocenters. The van der Waals surface area contributed by atoms with Gasteiger partial charge in [-0.1, -0.05) is 6.07 Å². The molecule has 2 aliphatic rings. The largest absolute Gasteiger partial charge is 0.478 e. The number of rotatable bonds is 6. The smallest absolute Gasteiger partial charge is 0.416 e. The van der Waals surface area contributed by atoms with Crippen LogP contribution in [-0.4, -0.2) is 43.8 Å². The third-order valence-electron chi connectivity index (χ3n) is 5.87. The van der Waals surface area contributed by atoms with E-state index in [1.807, 2.05) is 0 Å². The van der Waals surface area contributed by atoms with Gasteiger partial charge in [0.05, 0.1) is 33.5 Å². The highest BCUT2D eigenvalue weighted by Crippen LogP contribution is 2.44. The summed E-state index contributed by atoms with van der Waals surface area (Å²) in [5, 5.41) is 19.3. The number of carbonyl (C=O) groups is 1. The molecule has 0 aromatic heterocycles. The SMILES string of the molecule is O=C(O)c1ccc(C2CC2)c(S(=O)(=O)Nc2cc(C(F)(F)F)ccc2N2CCCC(O)C2)c1. The van der Waals surface area contributed by atoms with E-state index in [0.717, 1.165) is 31.0 Å². The van der Waals surface area contributed by atoms with Gasteiger partial charge >= 0.3 is 12.1 Å². The first kappa shape index (κ1) is 23.4. The van der Waals surface area contributed by atoms with Gasteiger partial charge in [-0.25, -0.2) is 13.2 Å². The molecule has 4 rings (SSSR count). The average molecular weight is 484 g/mol. The summed E-state index contributed by atoms with van der Waals surface area (Å²) in [6.07, 6.45) is -2.74. The highest BCUT2D eigenvalue weighted by molar-refractivity contribution is 7.92. The fourth-order valence-corrected chi connectivity index (χ4v) is 5.46. The zero-order chi connectivity index (χ0) is 24.0. The molecule has 2 aromatic rings. The minimum Gasteiger partial charge on any atom is -0.478 e. The number of aliphatic hydroxyl groups is 1. The van der Waals surface area contributed by atoms with Gasteiger partial charge in [0.25, 0.3) is 10.0 Å². The first-order chi connectivity index (χ1) is 15.5. The quantitative estimate of drug-likeness (QED) is 0.571. The van der Waals surface area contributed by atoms with E-state index < -0.39 is 33.8 Å². The first-order valence-electron chi connectivity index (χ1n) is 10.5. The van der Waals surface area contributed by atoms with Crippen molar-refractivity contribution in [3.05, 3.63) is 53.1 Å². The second-order valence-corrected chi connectivity index (χ2v) is 10.1. The number of aliphatic hydroxyl groups excluding tert-OH is 1. The van der Waals surface area contributed by atoms with E-state index in [1.54, 1.807) is 4.90 Å². The van der Waals surface area contributed by atoms with Gasteiger partial charge in [0.2, 0.25) is 0 Å². The second kappa shape index (κ2) is 8.53. The lowest BCUT2D eigenvalue weighted by Gasteiger charge is -2.33. The molecule has 3 N–H and O–H groups in total. The van der Waals surface area contributed by atoms with E-state index in [0.29, 0.717) is 24.9 Å². The van der Waals surface area contributed by atoms with Gasteiger partial charge in [0.1, 0.15) is 0 Å². The summed E-state index contributed by atoms with van der Waals surface area (Å²) >= 11 is 0. The molecule has 0 bridgehead atoms. The Morgan fingerprint density at radius 2 is 1.82 bits per heavy atom. The van der Waals surface area contributed by atoms with Crippen molar-refractivity contribution < 1.29 is 36.6 Å². The van der Waals surface area contributed by atoms with Gasteiger partial charge in [-0.3, -0.25) is 4.72 Å². The van der Waals surface area contributed by atoms with E-state index in [9.17, 15) is 36.6 Å². The van der Waals surface area contributed by atoms with Gasteiger partial charge in [-0.2, -0.15) is 13.2 Å². The van der Waals surface area contributed by atoms with E-state index in [4.69, 9.17) is 0 Å². The summed E-state index contributed by atoms with van der Waals surface area (Å²) in [6.45, 7) is 0.598. The van der Waals surface area contributed by atoms with Gasteiger partial charge in [0, 0.05) is 13.1 Å². The van der Waals surface area contributed by atoms with Gasteiger partial charge in [-0.05, 0) is 67.5 Å². The van der Waals surface area contributed by atoms with Crippen molar-refractivity contribution in [1.29, 1.82) is 0 Å². The summed E-state index contributed by atoms with van der Waals surface area (Å²) in [6, 6.07) is 6.59. The number of carboxylic acids is 1. The molecular formula is C22H23F3N2O5S. The van der Waals surface area contributed by atoms with Crippen LogP contribution in [0.3, 0.4) is 0 Å². The van der Waals surface area contributed by atoms with Crippen LogP contribution >= 0.6 is 0 Å². The Kier molecular flexibility index (Phi) is 6.04. The monoisotopic (exact) mass is 484 g/mol. The third kappa shape index (κ3) is 5.09. The lowest BCUT2D eigenvalue weighted by atomic mass is 10.1. The second-order valence-electron chi connectivity index (χ2n) is 8.41. The van der Waals surface area contributed by atoms with Crippen molar-refractivity contribution in [3.63, 3.8) is 0 Å². The molecule has 7 nitrogen and oxygen atoms in total. The molecule has 11 heteroatoms. The van der Waals surface area contributed by atoms with Crippen molar-refractivity contribution in [2.45, 2.75) is 48.8 Å². The molecule has 1 saturated heterocycles. The fraction of sp³-hybridized carbons (Fsp3) is 0.409. The number of halogens is 3. The number of hydrogen-bond acceptors (Lipinski definition) is 5. The standard InChI is InChI=1S/C22H23F3N2O5S/c23-22(24,25)15-6-8-19(27-9-1-2-16(28)12-27)18(11-15)26-33(31,32)20-10-14(21(29)30)5-7-17(20)13-3-4-13/h5-8,10-11,13,16,26,28H,1-4,9,12H2,(H,29,30). The summed E-state index contributed by atoms with van der Waals surface area (Å²) < 4.78 is 69.1. The van der Waals surface area contributed by atoms with Crippen LogP contribution in [0.1, 0.15) is 53.1 Å². The molecule has 2 aromatic carbocycles. The van der Waals surface area contributed by atoms with Gasteiger partial charge in [0.15, 0.2) is 0 Å². The van der Waals surface area contributed by atoms with Crippen molar-refractivity contribution in [1.82, 2.24) is 0 Å². The number of piperidine rings is 1. The first-order valence-corrected chi connectivity index (χ1v) is 12.0. The molecule has 0 amide bonds. The number of alkyl halides is 3. The van der Waals surface area contributed by atoms with Crippen molar-refractivity contribution in [2.24, 2.45) is 0 Å². The molecule has 1 heterocycles. The van der Waals surface area contributed by atoms with Crippen LogP contribution < -0.4 is 9.62 Å². The highest BCUT2D eigenvalue weighted by atomic mass is 32.2. The summed E-state index contributed by atoms with van der Waals surface area (Å²) in [5.74, 6) is -1.35. The molecule has 33 heavy (non-hydrogen) atoms. The number of benzene rings is 2. The van der Waals surface area contributed by atoms with E-state index in [1.165, 1.54) is 18.2 Å². The molecule has 178 valence electrons. The number of β-amino-alcohol motifs (C(OH)–C–C–N with tert-alkyl or cyclic N) is 1. The van der Waals surface area contributed by atoms with Crippen LogP contribution in [0.15, 0.2) is 41.3 Å². The maximum absolute atomic E-state index is 13.4. The van der Waals surface area contributed by atoms with Gasteiger partial charge in [-0.15, -0.1) is 0 Å². The van der Waals surface area contributed by atoms with Gasteiger partial charge < -0.3 is 15.1 Å². The van der Waals surface area contributed by atoms with E-state index in [-0.39, 0.29) is 34.3 Å². The maximum atomic E-state index is 13.4. The Labute approximate surface area is 188 Å². The van der Waals surface area contributed by atoms with Crippen LogP contribution in [0.5, 0.6) is 0 Å². The predicted octanol–water partition coefficient (Wildman–Crippen LogP) is 4.04. The molecule has 1 unspecified atom stereocenters. The Hall–Kier alpha value is -2.79. The molecule has 0 radical (unpaired) electrons. The van der Waals surface area contributed by atoms with Crippen LogP contribution in [0.2, 0.25) is 0 Å². The van der Waals surface area contributed by atoms with E-state index >= 15 is 0 Å². The zero-order valence-corrected chi connectivity index (χ0v) is 18.3. The molecule has 1 saturated carbocycles. The summed E-state index contributed by atoms with van der Waals surface area (Å²) in [5.41, 5.74) is -0.880. The van der Waals surface area contributed by atoms with Crippen molar-refractivity contribution in [2.75, 3.05) is 22.7 Å². The summed E-state index contributed by atoms with van der Waals surface area (Å²) in [4.78, 5) is 12.8. The fourth-order valence-electron chi connectivity index (χ4n) is 4.07. The van der Waals surface area contributed by atoms with E-state index in [2.05, 4.69) is 4.72 Å². The van der Waals surface area contributed by atoms with Crippen LogP contribution in [0.25, 0.3) is 0 Å². The molecule has 1 aliphatic heterocycles. The average Bonchev–Trinajstić information content (AvgIpc) is 3.57. The number of aromatic carboxylic acids is 1. The lowest BCUT2D eigenvalue weighted by molar-refractivity contribution is -0.137. The highest BCUT2D eigenvalue weighted by Gasteiger charge is 2.34. The lowest BCUT2D eigenvalue weighted by Crippen LogP contribution is -2.38.